The van der Waals surface area contributed by atoms with Gasteiger partial charge in [0.25, 0.3) is 0 Å². The minimum absolute atomic E-state index is 0.0853. The molecule has 148 valence electrons. The molecule has 1 aliphatic rings. The average Bonchev–Trinajstić information content (AvgIpc) is 2.85. The summed E-state index contributed by atoms with van der Waals surface area (Å²) >= 11 is 12.2. The number of esters is 2. The topological polar surface area (TPSA) is 82.4 Å². The van der Waals surface area contributed by atoms with E-state index in [-0.39, 0.29) is 34.0 Å². The van der Waals surface area contributed by atoms with Gasteiger partial charge in [-0.1, -0.05) is 37.0 Å². The van der Waals surface area contributed by atoms with E-state index < -0.39 is 17.9 Å². The number of aromatic nitrogens is 2. The summed E-state index contributed by atoms with van der Waals surface area (Å²) in [5.41, 5.74) is 1.64. The first-order valence-electron chi connectivity index (χ1n) is 8.41. The Morgan fingerprint density at radius 2 is 1.74 bits per heavy atom. The standard InChI is InChI=1S/C18H23Cl2N3O4/c1-8(2)7-27-18(25)12-10(4)21-9(3)11(17(24)26-6)13(12)16-22-14(19)15(20)23(16)5/h8,13,21H,7H2,1-6H3. The van der Waals surface area contributed by atoms with Crippen LogP contribution in [0, 0.1) is 5.92 Å². The Bertz CT molecular complexity index is 840. The van der Waals surface area contributed by atoms with Gasteiger partial charge in [-0.05, 0) is 19.8 Å². The van der Waals surface area contributed by atoms with Crippen LogP contribution in [-0.2, 0) is 26.1 Å². The first-order valence-corrected chi connectivity index (χ1v) is 9.17. The van der Waals surface area contributed by atoms with Crippen molar-refractivity contribution in [2.24, 2.45) is 13.0 Å². The van der Waals surface area contributed by atoms with Gasteiger partial charge in [0.1, 0.15) is 11.0 Å². The zero-order valence-electron chi connectivity index (χ0n) is 16.1. The third-order valence-electron chi connectivity index (χ3n) is 4.21. The fourth-order valence-electron chi connectivity index (χ4n) is 2.94. The lowest BCUT2D eigenvalue weighted by Crippen LogP contribution is -2.33. The third kappa shape index (κ3) is 4.14. The van der Waals surface area contributed by atoms with E-state index in [1.54, 1.807) is 25.5 Å². The van der Waals surface area contributed by atoms with Gasteiger partial charge in [0.05, 0.1) is 30.8 Å². The van der Waals surface area contributed by atoms with Crippen LogP contribution in [0.1, 0.15) is 39.4 Å². The monoisotopic (exact) mass is 415 g/mol. The second-order valence-corrected chi connectivity index (χ2v) is 7.45. The highest BCUT2D eigenvalue weighted by Crippen LogP contribution is 2.40. The quantitative estimate of drug-likeness (QED) is 0.742. The van der Waals surface area contributed by atoms with Crippen LogP contribution in [0.15, 0.2) is 22.5 Å². The number of nitrogens with zero attached hydrogens (tertiary/aromatic N) is 2. The van der Waals surface area contributed by atoms with Gasteiger partial charge in [-0.2, -0.15) is 0 Å². The highest BCUT2D eigenvalue weighted by atomic mass is 35.5. The molecule has 0 saturated heterocycles. The molecule has 1 aromatic heterocycles. The molecule has 7 nitrogen and oxygen atoms in total. The van der Waals surface area contributed by atoms with Crippen molar-refractivity contribution in [1.29, 1.82) is 0 Å². The largest absolute Gasteiger partial charge is 0.466 e. The molecule has 0 bridgehead atoms. The number of imidazole rings is 1. The van der Waals surface area contributed by atoms with E-state index in [1.165, 1.54) is 7.11 Å². The highest BCUT2D eigenvalue weighted by Gasteiger charge is 2.40. The third-order valence-corrected chi connectivity index (χ3v) is 5.01. The molecule has 0 radical (unpaired) electrons. The van der Waals surface area contributed by atoms with Crippen LogP contribution >= 0.6 is 23.2 Å². The number of carbonyl (C=O) groups excluding carboxylic acids is 2. The van der Waals surface area contributed by atoms with Crippen molar-refractivity contribution in [3.63, 3.8) is 0 Å². The molecule has 0 amide bonds. The molecule has 1 unspecified atom stereocenters. The zero-order chi connectivity index (χ0) is 20.5. The SMILES string of the molecule is COC(=O)C1=C(C)NC(C)=C(C(=O)OCC(C)C)C1c1nc(Cl)c(Cl)n1C. The van der Waals surface area contributed by atoms with E-state index in [2.05, 4.69) is 10.3 Å². The van der Waals surface area contributed by atoms with Crippen LogP contribution in [0.2, 0.25) is 10.3 Å². The number of methoxy groups -OCH3 is 1. The summed E-state index contributed by atoms with van der Waals surface area (Å²) in [6.45, 7) is 7.59. The van der Waals surface area contributed by atoms with Crippen molar-refractivity contribution < 1.29 is 19.1 Å². The normalized spacial score (nSPS) is 17.3. The van der Waals surface area contributed by atoms with Gasteiger partial charge in [-0.3, -0.25) is 0 Å². The van der Waals surface area contributed by atoms with Gasteiger partial charge in [0.2, 0.25) is 0 Å². The van der Waals surface area contributed by atoms with Crippen LogP contribution in [0.3, 0.4) is 0 Å². The van der Waals surface area contributed by atoms with E-state index in [0.717, 1.165) is 0 Å². The van der Waals surface area contributed by atoms with E-state index in [1.807, 2.05) is 13.8 Å². The second-order valence-electron chi connectivity index (χ2n) is 6.73. The smallest absolute Gasteiger partial charge is 0.336 e. The number of dihydropyridines is 1. The van der Waals surface area contributed by atoms with E-state index in [0.29, 0.717) is 17.2 Å². The summed E-state index contributed by atoms with van der Waals surface area (Å²) in [4.78, 5) is 29.7. The van der Waals surface area contributed by atoms with Crippen molar-refractivity contribution in [1.82, 2.24) is 14.9 Å². The van der Waals surface area contributed by atoms with Crippen LogP contribution in [0.25, 0.3) is 0 Å². The molecule has 1 aromatic rings. The fourth-order valence-corrected chi connectivity index (χ4v) is 3.28. The number of allylic oxidation sites excluding steroid dienone is 2. The highest BCUT2D eigenvalue weighted by molar-refractivity contribution is 6.40. The molecule has 0 saturated carbocycles. The lowest BCUT2D eigenvalue weighted by atomic mass is 9.84. The summed E-state index contributed by atoms with van der Waals surface area (Å²) in [5, 5.41) is 3.35. The van der Waals surface area contributed by atoms with E-state index in [9.17, 15) is 9.59 Å². The number of rotatable bonds is 5. The molecule has 0 aliphatic carbocycles. The zero-order valence-corrected chi connectivity index (χ0v) is 17.7. The molecule has 1 aliphatic heterocycles. The second kappa shape index (κ2) is 8.35. The molecule has 0 aromatic carbocycles. The van der Waals surface area contributed by atoms with Crippen molar-refractivity contribution in [2.75, 3.05) is 13.7 Å². The molecule has 9 heteroatoms. The van der Waals surface area contributed by atoms with Gasteiger partial charge in [-0.15, -0.1) is 0 Å². The first kappa shape index (κ1) is 21.3. The predicted octanol–water partition coefficient (Wildman–Crippen LogP) is 3.33. The lowest BCUT2D eigenvalue weighted by Gasteiger charge is -2.29. The summed E-state index contributed by atoms with van der Waals surface area (Å²) in [7, 11) is 2.94. The molecule has 2 heterocycles. The summed E-state index contributed by atoms with van der Waals surface area (Å²) in [5.74, 6) is -1.43. The number of carbonyl (C=O) groups is 2. The molecule has 2 rings (SSSR count). The van der Waals surface area contributed by atoms with Crippen LogP contribution in [-0.4, -0.2) is 35.2 Å². The summed E-state index contributed by atoms with van der Waals surface area (Å²) in [6.07, 6.45) is 0. The van der Waals surface area contributed by atoms with E-state index in [4.69, 9.17) is 32.7 Å². The molecular weight excluding hydrogens is 393 g/mol. The Morgan fingerprint density at radius 3 is 2.19 bits per heavy atom. The summed E-state index contributed by atoms with van der Waals surface area (Å²) in [6, 6.07) is 0. The lowest BCUT2D eigenvalue weighted by molar-refractivity contribution is -0.140. The Balaban J connectivity index is 2.65. The Morgan fingerprint density at radius 1 is 1.19 bits per heavy atom. The van der Waals surface area contributed by atoms with Gasteiger partial charge in [0, 0.05) is 18.4 Å². The van der Waals surface area contributed by atoms with Crippen molar-refractivity contribution in [3.05, 3.63) is 38.7 Å². The van der Waals surface area contributed by atoms with Crippen LogP contribution in [0.5, 0.6) is 0 Å². The Hall–Kier alpha value is -1.99. The molecular formula is C18H23Cl2N3O4. The molecule has 1 N–H and O–H groups in total. The van der Waals surface area contributed by atoms with Gasteiger partial charge >= 0.3 is 11.9 Å². The van der Waals surface area contributed by atoms with Gasteiger partial charge in [0.15, 0.2) is 5.15 Å². The van der Waals surface area contributed by atoms with Crippen LogP contribution < -0.4 is 5.32 Å². The Kier molecular flexibility index (Phi) is 6.59. The maximum absolute atomic E-state index is 12.9. The van der Waals surface area contributed by atoms with Crippen molar-refractivity contribution in [3.8, 4) is 0 Å². The average molecular weight is 416 g/mol. The summed E-state index contributed by atoms with van der Waals surface area (Å²) < 4.78 is 11.9. The Labute approximate surface area is 168 Å². The van der Waals surface area contributed by atoms with E-state index >= 15 is 0 Å². The van der Waals surface area contributed by atoms with Crippen LogP contribution in [0.4, 0.5) is 0 Å². The number of nitrogens with one attached hydrogen (secondary N) is 1. The molecule has 0 spiro atoms. The minimum Gasteiger partial charge on any atom is -0.466 e. The van der Waals surface area contributed by atoms with Crippen molar-refractivity contribution >= 4 is 35.1 Å². The number of ether oxygens (including phenoxy) is 2. The maximum Gasteiger partial charge on any atom is 0.336 e. The number of halogens is 2. The molecule has 1 atom stereocenters. The van der Waals surface area contributed by atoms with Gasteiger partial charge in [-0.25, -0.2) is 14.6 Å². The molecule has 27 heavy (non-hydrogen) atoms. The van der Waals surface area contributed by atoms with Gasteiger partial charge < -0.3 is 19.4 Å². The number of hydrogen-bond donors (Lipinski definition) is 1. The molecule has 0 fully saturated rings. The maximum atomic E-state index is 12.9. The van der Waals surface area contributed by atoms with Crippen molar-refractivity contribution in [2.45, 2.75) is 33.6 Å². The minimum atomic E-state index is -0.826. The first-order chi connectivity index (χ1) is 12.6. The predicted molar refractivity (Wildman–Crippen MR) is 102 cm³/mol. The number of hydrogen-bond acceptors (Lipinski definition) is 6. The fraction of sp³-hybridized carbons (Fsp3) is 0.500.